The lowest BCUT2D eigenvalue weighted by molar-refractivity contribution is 0.392. The van der Waals surface area contributed by atoms with Crippen molar-refractivity contribution in [1.29, 1.82) is 0 Å². The maximum absolute atomic E-state index is 12.9. The van der Waals surface area contributed by atoms with Crippen molar-refractivity contribution in [3.8, 4) is 11.1 Å². The van der Waals surface area contributed by atoms with Gasteiger partial charge >= 0.3 is 0 Å². The standard InChI is InChI=1S/C20H27P.C11H14FN.C6H12/c1-4-14-20(3,15-5-2)18-10-6-16(7-11-18)17-8-12-19(21)13-9-17;1-4-9(3)13-10-5-6-11(12)8(2)7-10;1-6-4-2-3-5-6/h6-13H,4-5,14-15,21H2,1-3H3;5-7,13H,3-4H2,1-2H3;6H,2-5H2,1H3. The number of allylic oxidation sites excluding steroid dienone is 1. The Kier molecular flexibility index (Phi) is 14.7. The quantitative estimate of drug-likeness (QED) is 0.256. The highest BCUT2D eigenvalue weighted by Gasteiger charge is 2.24. The van der Waals surface area contributed by atoms with E-state index >= 15 is 0 Å². The predicted molar refractivity (Wildman–Crippen MR) is 180 cm³/mol. The number of rotatable bonds is 9. The lowest BCUT2D eigenvalue weighted by Crippen LogP contribution is -2.21. The van der Waals surface area contributed by atoms with Crippen LogP contribution in [0.2, 0.25) is 0 Å². The van der Waals surface area contributed by atoms with Crippen LogP contribution in [-0.4, -0.2) is 0 Å². The molecule has 0 amide bonds. The van der Waals surface area contributed by atoms with Gasteiger partial charge < -0.3 is 5.32 Å². The van der Waals surface area contributed by atoms with Gasteiger partial charge in [-0.2, -0.15) is 0 Å². The van der Waals surface area contributed by atoms with E-state index in [0.29, 0.717) is 11.0 Å². The topological polar surface area (TPSA) is 12.0 Å². The molecule has 3 heteroatoms. The molecular formula is C37H53FNP. The van der Waals surface area contributed by atoms with Crippen LogP contribution in [0.15, 0.2) is 79.0 Å². The molecule has 0 aromatic heterocycles. The Hall–Kier alpha value is -2.44. The van der Waals surface area contributed by atoms with Gasteiger partial charge in [0.2, 0.25) is 0 Å². The normalized spacial score (nSPS) is 13.1. The third-order valence-corrected chi connectivity index (χ3v) is 8.36. The zero-order valence-corrected chi connectivity index (χ0v) is 27.1. The lowest BCUT2D eigenvalue weighted by Gasteiger charge is -2.30. The molecule has 1 saturated carbocycles. The molecule has 218 valence electrons. The molecule has 0 spiro atoms. The van der Waals surface area contributed by atoms with Crippen LogP contribution < -0.4 is 10.6 Å². The molecule has 1 aliphatic carbocycles. The third kappa shape index (κ3) is 11.2. The van der Waals surface area contributed by atoms with Crippen LogP contribution >= 0.6 is 9.24 Å². The fraction of sp³-hybridized carbons (Fsp3) is 0.459. The molecule has 1 aliphatic rings. The summed E-state index contributed by atoms with van der Waals surface area (Å²) >= 11 is 0. The second kappa shape index (κ2) is 17.4. The van der Waals surface area contributed by atoms with Gasteiger partial charge in [0.25, 0.3) is 0 Å². The average Bonchev–Trinajstić information content (AvgIpc) is 3.43. The van der Waals surface area contributed by atoms with Gasteiger partial charge in [0.05, 0.1) is 0 Å². The summed E-state index contributed by atoms with van der Waals surface area (Å²) in [5.74, 6) is 0.873. The van der Waals surface area contributed by atoms with Crippen molar-refractivity contribution in [2.45, 2.75) is 105 Å². The molecule has 0 radical (unpaired) electrons. The summed E-state index contributed by atoms with van der Waals surface area (Å²) in [7, 11) is 2.74. The summed E-state index contributed by atoms with van der Waals surface area (Å²) in [5, 5.41) is 4.33. The van der Waals surface area contributed by atoms with E-state index in [1.165, 1.54) is 79.4 Å². The Bertz CT molecular complexity index is 1140. The van der Waals surface area contributed by atoms with E-state index in [9.17, 15) is 4.39 Å². The third-order valence-electron chi connectivity index (χ3n) is 7.98. The Balaban J connectivity index is 0.000000248. The van der Waals surface area contributed by atoms with Gasteiger partial charge in [-0.15, -0.1) is 9.24 Å². The second-order valence-electron chi connectivity index (χ2n) is 11.7. The van der Waals surface area contributed by atoms with E-state index in [1.807, 2.05) is 6.92 Å². The SMILES string of the molecule is C=C(CC)Nc1ccc(F)c(C)c1.CC1CCCC1.CCCC(C)(CCC)c1ccc(-c2ccc(P)cc2)cc1. The molecule has 3 aromatic rings. The molecule has 4 rings (SSSR count). The van der Waals surface area contributed by atoms with E-state index in [4.69, 9.17) is 0 Å². The molecule has 40 heavy (non-hydrogen) atoms. The Morgan fingerprint density at radius 2 is 1.43 bits per heavy atom. The van der Waals surface area contributed by atoms with E-state index in [-0.39, 0.29) is 5.82 Å². The van der Waals surface area contributed by atoms with Crippen molar-refractivity contribution < 1.29 is 4.39 Å². The summed E-state index contributed by atoms with van der Waals surface area (Å²) in [6, 6.07) is 22.8. The molecule has 0 heterocycles. The Labute approximate surface area is 247 Å². The van der Waals surface area contributed by atoms with Gasteiger partial charge in [-0.25, -0.2) is 4.39 Å². The minimum Gasteiger partial charge on any atom is -0.359 e. The molecule has 1 nitrogen and oxygen atoms in total. The molecular weight excluding hydrogens is 508 g/mol. The number of aryl methyl sites for hydroxylation is 1. The number of anilines is 1. The summed E-state index contributed by atoms with van der Waals surface area (Å²) in [6.07, 6.45) is 11.8. The molecule has 1 fully saturated rings. The fourth-order valence-electron chi connectivity index (χ4n) is 5.40. The highest BCUT2D eigenvalue weighted by molar-refractivity contribution is 7.27. The smallest absolute Gasteiger partial charge is 0.126 e. The first-order chi connectivity index (χ1) is 19.1. The van der Waals surface area contributed by atoms with Crippen molar-refractivity contribution in [2.24, 2.45) is 5.92 Å². The van der Waals surface area contributed by atoms with Crippen LogP contribution in [0.25, 0.3) is 11.1 Å². The zero-order chi connectivity index (χ0) is 29.5. The molecule has 1 atom stereocenters. The van der Waals surface area contributed by atoms with E-state index < -0.39 is 0 Å². The minimum absolute atomic E-state index is 0.173. The molecule has 0 bridgehead atoms. The molecule has 3 aromatic carbocycles. The van der Waals surface area contributed by atoms with E-state index in [0.717, 1.165) is 23.7 Å². The molecule has 0 saturated heterocycles. The van der Waals surface area contributed by atoms with Gasteiger partial charge in [-0.1, -0.05) is 128 Å². The number of halogens is 1. The first kappa shape index (κ1) is 33.8. The van der Waals surface area contributed by atoms with Crippen LogP contribution in [0.4, 0.5) is 10.1 Å². The van der Waals surface area contributed by atoms with Crippen LogP contribution in [0.3, 0.4) is 0 Å². The largest absolute Gasteiger partial charge is 0.359 e. The predicted octanol–water partition coefficient (Wildman–Crippen LogP) is 11.4. The lowest BCUT2D eigenvalue weighted by atomic mass is 9.75. The number of benzene rings is 3. The highest BCUT2D eigenvalue weighted by Crippen LogP contribution is 2.35. The van der Waals surface area contributed by atoms with Crippen LogP contribution in [0.5, 0.6) is 0 Å². The maximum Gasteiger partial charge on any atom is 0.126 e. The Morgan fingerprint density at radius 1 is 0.900 bits per heavy atom. The van der Waals surface area contributed by atoms with Crippen molar-refractivity contribution in [2.75, 3.05) is 5.32 Å². The van der Waals surface area contributed by atoms with E-state index in [1.54, 1.807) is 19.1 Å². The fourth-order valence-corrected chi connectivity index (χ4v) is 5.60. The Morgan fingerprint density at radius 3 is 1.85 bits per heavy atom. The van der Waals surface area contributed by atoms with E-state index in [2.05, 4.69) is 97.4 Å². The van der Waals surface area contributed by atoms with Crippen molar-refractivity contribution >= 4 is 20.2 Å². The molecule has 1 unspecified atom stereocenters. The number of hydrogen-bond donors (Lipinski definition) is 1. The first-order valence-electron chi connectivity index (χ1n) is 15.3. The molecule has 1 N–H and O–H groups in total. The van der Waals surface area contributed by atoms with Gasteiger partial charge in [-0.3, -0.25) is 0 Å². The monoisotopic (exact) mass is 561 g/mol. The van der Waals surface area contributed by atoms with Crippen LogP contribution in [0.1, 0.15) is 104 Å². The molecule has 0 aliphatic heterocycles. The second-order valence-corrected chi connectivity index (χ2v) is 12.4. The van der Waals surface area contributed by atoms with Crippen molar-refractivity contribution in [3.05, 3.63) is 96.0 Å². The van der Waals surface area contributed by atoms with Gasteiger partial charge in [0.1, 0.15) is 5.82 Å². The number of hydrogen-bond acceptors (Lipinski definition) is 1. The van der Waals surface area contributed by atoms with Gasteiger partial charge in [-0.05, 0) is 83.3 Å². The highest BCUT2D eigenvalue weighted by atomic mass is 31.0. The van der Waals surface area contributed by atoms with Gasteiger partial charge in [0, 0.05) is 11.4 Å². The summed E-state index contributed by atoms with van der Waals surface area (Å²) < 4.78 is 12.9. The zero-order valence-electron chi connectivity index (χ0n) is 26.0. The average molecular weight is 562 g/mol. The van der Waals surface area contributed by atoms with Crippen molar-refractivity contribution in [1.82, 2.24) is 0 Å². The first-order valence-corrected chi connectivity index (χ1v) is 15.9. The maximum atomic E-state index is 12.9. The van der Waals surface area contributed by atoms with Crippen LogP contribution in [0, 0.1) is 18.7 Å². The van der Waals surface area contributed by atoms with Crippen molar-refractivity contribution in [3.63, 3.8) is 0 Å². The van der Waals surface area contributed by atoms with Gasteiger partial charge in [0.15, 0.2) is 0 Å². The summed E-state index contributed by atoms with van der Waals surface area (Å²) in [6.45, 7) is 16.9. The van der Waals surface area contributed by atoms with Crippen LogP contribution in [-0.2, 0) is 5.41 Å². The minimum atomic E-state index is -0.173. The summed E-state index contributed by atoms with van der Waals surface area (Å²) in [4.78, 5) is 0. The summed E-state index contributed by atoms with van der Waals surface area (Å²) in [5.41, 5.74) is 6.88. The number of nitrogens with one attached hydrogen (secondary N) is 1.